The molecule has 0 aromatic heterocycles. The summed E-state index contributed by atoms with van der Waals surface area (Å²) >= 11 is 0. The normalized spacial score (nSPS) is 28.1. The van der Waals surface area contributed by atoms with Gasteiger partial charge in [0.15, 0.2) is 0 Å². The number of halogens is 3. The van der Waals surface area contributed by atoms with Crippen LogP contribution < -0.4 is 9.64 Å². The van der Waals surface area contributed by atoms with E-state index < -0.39 is 23.6 Å². The molecule has 1 N–H and O–H groups in total. The Morgan fingerprint density at radius 3 is 2.22 bits per heavy atom. The summed E-state index contributed by atoms with van der Waals surface area (Å²) in [4.78, 5) is 32.5. The molecule has 1 amide bonds. The Hall–Kier alpha value is -3.82. The Bertz CT molecular complexity index is 1550. The molecule has 4 atom stereocenters. The fourth-order valence-electron chi connectivity index (χ4n) is 8.84. The Kier molecular flexibility index (Phi) is 10.9. The molecule has 3 heterocycles. The zero-order valence-electron chi connectivity index (χ0n) is 28.8. The minimum absolute atomic E-state index is 0.0402. The van der Waals surface area contributed by atoms with E-state index >= 15 is 0 Å². The van der Waals surface area contributed by atoms with Crippen LogP contribution in [0, 0.1) is 35.0 Å². The van der Waals surface area contributed by atoms with Gasteiger partial charge in [0.25, 0.3) is 0 Å². The van der Waals surface area contributed by atoms with Crippen molar-refractivity contribution >= 4 is 17.6 Å². The summed E-state index contributed by atoms with van der Waals surface area (Å²) in [5.41, 5.74) is 1.51. The predicted molar refractivity (Wildman–Crippen MR) is 181 cm³/mol. The molecule has 3 saturated heterocycles. The summed E-state index contributed by atoms with van der Waals surface area (Å²) < 4.78 is 52.9. The van der Waals surface area contributed by atoms with Crippen LogP contribution in [0.15, 0.2) is 42.5 Å². The molecule has 0 radical (unpaired) electrons. The van der Waals surface area contributed by atoms with Gasteiger partial charge in [-0.25, -0.2) is 0 Å². The van der Waals surface area contributed by atoms with Crippen LogP contribution in [0.5, 0.6) is 5.75 Å². The van der Waals surface area contributed by atoms with Gasteiger partial charge in [-0.3, -0.25) is 14.5 Å². The van der Waals surface area contributed by atoms with Gasteiger partial charge in [0.2, 0.25) is 5.91 Å². The van der Waals surface area contributed by atoms with E-state index in [0.29, 0.717) is 63.9 Å². The molecule has 2 aromatic rings. The first-order valence-electron chi connectivity index (χ1n) is 17.7. The molecule has 2 aromatic carbocycles. The number of amides is 1. The van der Waals surface area contributed by atoms with Crippen molar-refractivity contribution in [2.45, 2.75) is 62.6 Å². The number of nitrogens with zero attached hydrogens (tertiary/aromatic N) is 4. The highest BCUT2D eigenvalue weighted by molar-refractivity contribution is 5.81. The standard InChI is InChI=1S/C38H47F3N4O5/c1-49-23-27-19-45(21-33(27)31-12-7-28(38(39,40)41)17-35(31)43-15-13-26(14-16-43)37(47)48)36(46)34-22-44(29-8-3-24(18-42)4-9-29)20-32(34)25-5-10-30(50-2)11-6-25/h5-7,10-12,17,24,26-27,29,32-34H,3-4,8-9,13-16,19-23H2,1-2H3,(H,47,48)/t24-,27-,29+,32+,33+,34-/m1/s1. The maximum Gasteiger partial charge on any atom is 0.416 e. The Balaban J connectivity index is 1.28. The number of carbonyl (C=O) groups excluding carboxylic acids is 1. The van der Waals surface area contributed by atoms with Crippen molar-refractivity contribution in [1.29, 1.82) is 5.26 Å². The lowest BCUT2D eigenvalue weighted by Gasteiger charge is -2.35. The number of benzene rings is 2. The molecule has 1 aliphatic carbocycles. The molecule has 3 aliphatic heterocycles. The van der Waals surface area contributed by atoms with E-state index in [-0.39, 0.29) is 35.5 Å². The van der Waals surface area contributed by atoms with E-state index in [9.17, 15) is 33.1 Å². The second-order valence-corrected chi connectivity index (χ2v) is 14.5. The smallest absolute Gasteiger partial charge is 0.416 e. The topological polar surface area (TPSA) is 106 Å². The largest absolute Gasteiger partial charge is 0.497 e. The van der Waals surface area contributed by atoms with Crippen molar-refractivity contribution in [2.24, 2.45) is 23.7 Å². The zero-order chi connectivity index (χ0) is 35.6. The molecule has 1 saturated carbocycles. The van der Waals surface area contributed by atoms with E-state index in [1.54, 1.807) is 20.3 Å². The van der Waals surface area contributed by atoms with Crippen molar-refractivity contribution in [1.82, 2.24) is 9.80 Å². The number of carboxylic acids is 1. The molecule has 4 aliphatic rings. The zero-order valence-corrected chi connectivity index (χ0v) is 28.8. The lowest BCUT2D eigenvalue weighted by atomic mass is 9.86. The van der Waals surface area contributed by atoms with Crippen LogP contribution in [0.2, 0.25) is 0 Å². The summed E-state index contributed by atoms with van der Waals surface area (Å²) in [5.74, 6) is -1.27. The van der Waals surface area contributed by atoms with Crippen LogP contribution >= 0.6 is 0 Å². The molecular weight excluding hydrogens is 649 g/mol. The molecule has 270 valence electrons. The highest BCUT2D eigenvalue weighted by atomic mass is 19.4. The lowest BCUT2D eigenvalue weighted by molar-refractivity contribution is -0.142. The number of nitriles is 1. The van der Waals surface area contributed by atoms with Crippen molar-refractivity contribution in [2.75, 3.05) is 65.0 Å². The SMILES string of the molecule is COC[C@H]1CN(C(=O)[C@@H]2CN([C@H]3CC[C@@H](C#N)CC3)C[C@H]2c2ccc(OC)cc2)C[C@@H]1c1ccc(C(F)(F)F)cc1N1CCC(C(=O)O)CC1. The second-order valence-electron chi connectivity index (χ2n) is 14.5. The maximum absolute atomic E-state index is 14.7. The highest BCUT2D eigenvalue weighted by Gasteiger charge is 2.47. The molecule has 0 bridgehead atoms. The van der Waals surface area contributed by atoms with Gasteiger partial charge in [-0.2, -0.15) is 18.4 Å². The number of hydrogen-bond donors (Lipinski definition) is 1. The fraction of sp³-hybridized carbons (Fsp3) is 0.605. The molecule has 0 spiro atoms. The van der Waals surface area contributed by atoms with E-state index in [2.05, 4.69) is 11.0 Å². The number of alkyl halides is 3. The Labute approximate surface area is 291 Å². The number of likely N-dealkylation sites (tertiary alicyclic amines) is 2. The first-order valence-corrected chi connectivity index (χ1v) is 17.7. The predicted octanol–water partition coefficient (Wildman–Crippen LogP) is 6.00. The van der Waals surface area contributed by atoms with Crippen LogP contribution in [0.1, 0.15) is 67.1 Å². The third-order valence-corrected chi connectivity index (χ3v) is 11.7. The average molecular weight is 697 g/mol. The van der Waals surface area contributed by atoms with Crippen LogP contribution in [0.25, 0.3) is 0 Å². The third kappa shape index (κ3) is 7.59. The number of ether oxygens (including phenoxy) is 2. The number of piperidine rings is 1. The van der Waals surface area contributed by atoms with E-state index in [4.69, 9.17) is 9.47 Å². The number of aliphatic carboxylic acids is 1. The van der Waals surface area contributed by atoms with Gasteiger partial charge in [-0.15, -0.1) is 0 Å². The van der Waals surface area contributed by atoms with Crippen LogP contribution in [0.3, 0.4) is 0 Å². The van der Waals surface area contributed by atoms with Crippen molar-refractivity contribution in [3.63, 3.8) is 0 Å². The van der Waals surface area contributed by atoms with Gasteiger partial charge < -0.3 is 24.4 Å². The average Bonchev–Trinajstić information content (AvgIpc) is 3.76. The third-order valence-electron chi connectivity index (χ3n) is 11.7. The maximum atomic E-state index is 14.7. The highest BCUT2D eigenvalue weighted by Crippen LogP contribution is 2.44. The van der Waals surface area contributed by atoms with E-state index in [1.807, 2.05) is 34.1 Å². The molecule has 0 unspecified atom stereocenters. The number of carbonyl (C=O) groups is 2. The monoisotopic (exact) mass is 696 g/mol. The summed E-state index contributed by atoms with van der Waals surface area (Å²) in [6.45, 7) is 3.15. The molecular formula is C38H47F3N4O5. The number of methoxy groups -OCH3 is 2. The second kappa shape index (κ2) is 15.2. The first kappa shape index (κ1) is 36.0. The van der Waals surface area contributed by atoms with Crippen LogP contribution in [0.4, 0.5) is 18.9 Å². The number of carboxylic acid groups (broad SMARTS) is 1. The van der Waals surface area contributed by atoms with Crippen LogP contribution in [-0.4, -0.2) is 92.9 Å². The summed E-state index contributed by atoms with van der Waals surface area (Å²) in [5, 5.41) is 19.0. The fourth-order valence-corrected chi connectivity index (χ4v) is 8.84. The van der Waals surface area contributed by atoms with E-state index in [1.165, 1.54) is 6.07 Å². The Morgan fingerprint density at radius 2 is 1.62 bits per heavy atom. The van der Waals surface area contributed by atoms with Gasteiger partial charge in [-0.1, -0.05) is 18.2 Å². The number of rotatable bonds is 9. The van der Waals surface area contributed by atoms with Gasteiger partial charge in [0, 0.05) is 81.8 Å². The molecule has 9 nitrogen and oxygen atoms in total. The van der Waals surface area contributed by atoms with Crippen LogP contribution in [-0.2, 0) is 20.5 Å². The molecule has 4 fully saturated rings. The summed E-state index contributed by atoms with van der Waals surface area (Å²) in [6, 6.07) is 14.5. The number of hydrogen-bond acceptors (Lipinski definition) is 7. The van der Waals surface area contributed by atoms with Crippen molar-refractivity contribution < 1.29 is 37.3 Å². The Morgan fingerprint density at radius 1 is 0.920 bits per heavy atom. The summed E-state index contributed by atoms with van der Waals surface area (Å²) in [6.07, 6.45) is -0.253. The van der Waals surface area contributed by atoms with Gasteiger partial charge in [0.1, 0.15) is 5.75 Å². The van der Waals surface area contributed by atoms with Gasteiger partial charge >= 0.3 is 12.1 Å². The van der Waals surface area contributed by atoms with Crippen molar-refractivity contribution in [3.05, 3.63) is 59.2 Å². The van der Waals surface area contributed by atoms with Gasteiger partial charge in [0.05, 0.1) is 37.2 Å². The molecule has 50 heavy (non-hydrogen) atoms. The van der Waals surface area contributed by atoms with Gasteiger partial charge in [-0.05, 0) is 73.9 Å². The first-order chi connectivity index (χ1) is 24.0. The van der Waals surface area contributed by atoms with E-state index in [0.717, 1.165) is 55.2 Å². The molecule has 12 heteroatoms. The quantitative estimate of drug-likeness (QED) is 0.341. The molecule has 6 rings (SSSR count). The summed E-state index contributed by atoms with van der Waals surface area (Å²) in [7, 11) is 3.22. The minimum Gasteiger partial charge on any atom is -0.497 e. The number of anilines is 1. The van der Waals surface area contributed by atoms with Crippen molar-refractivity contribution in [3.8, 4) is 11.8 Å². The lowest BCUT2D eigenvalue weighted by Crippen LogP contribution is -2.40. The minimum atomic E-state index is -4.53.